The number of nitrogens with one attached hydrogen (secondary N) is 2. The number of imide groups is 1. The summed E-state index contributed by atoms with van der Waals surface area (Å²) in [7, 11) is 1.84. The van der Waals surface area contributed by atoms with Gasteiger partial charge in [0.2, 0.25) is 23.7 Å². The van der Waals surface area contributed by atoms with Crippen molar-refractivity contribution in [3.05, 3.63) is 82.7 Å². The van der Waals surface area contributed by atoms with Crippen molar-refractivity contribution in [1.29, 1.82) is 0 Å². The van der Waals surface area contributed by atoms with E-state index in [2.05, 4.69) is 60.5 Å². The number of fused-ring (bicyclic) bond motifs is 7. The average molecular weight is 835 g/mol. The van der Waals surface area contributed by atoms with Crippen LogP contribution in [0.25, 0.3) is 11.3 Å². The van der Waals surface area contributed by atoms with E-state index in [9.17, 15) is 14.4 Å². The highest BCUT2D eigenvalue weighted by Gasteiger charge is 2.35. The summed E-state index contributed by atoms with van der Waals surface area (Å²) in [6, 6.07) is 12.6. The Labute approximate surface area is 353 Å². The Kier molecular flexibility index (Phi) is 11.3. The fraction of sp³-hybridized carbons (Fsp3) is 0.467. The van der Waals surface area contributed by atoms with E-state index in [0.717, 1.165) is 75.5 Å². The second-order valence-electron chi connectivity index (χ2n) is 17.3. The van der Waals surface area contributed by atoms with Crippen LogP contribution in [-0.4, -0.2) is 107 Å². The second-order valence-corrected chi connectivity index (χ2v) is 17.3. The molecule has 7 heterocycles. The number of nitrogens with zero attached hydrogens (tertiary/aromatic N) is 8. The number of pyridine rings is 1. The lowest BCUT2D eigenvalue weighted by Gasteiger charge is -2.36. The Hall–Kier alpha value is -5.74. The molecule has 2 aromatic heterocycles. The molecule has 2 bridgehead atoms. The van der Waals surface area contributed by atoms with Gasteiger partial charge in [0, 0.05) is 94.9 Å². The lowest BCUT2D eigenvalue weighted by atomic mass is 9.89. The lowest BCUT2D eigenvalue weighted by molar-refractivity contribution is -0.134. The van der Waals surface area contributed by atoms with Gasteiger partial charge in [0.1, 0.15) is 11.6 Å². The number of benzene rings is 2. The van der Waals surface area contributed by atoms with Gasteiger partial charge in [-0.05, 0) is 86.4 Å². The standard InChI is InChI=1S/C45H52F2N10O4/c1-27-5-4-16-61-44-34(22-48-53(44)3)38-19-31(17-28(2)49-38)42(59)52-45-50-37-8-6-29(18-39(37)57(45)23-27)24-54-12-14-55(15-13-54)25-30-10-11-56(26-30)32-20-35(46)41(36(47)21-32)33-7-9-40(58)51-43(33)60/h6,8,17-22,27,30,33H,4-5,7,9-16,23-26H2,1-3H3,(H,50,52,59)(H,51,58,60)/t27-,30+,33-/m1/s1. The number of piperidine rings is 1. The van der Waals surface area contributed by atoms with Gasteiger partial charge in [0.25, 0.3) is 5.91 Å². The molecule has 3 fully saturated rings. The van der Waals surface area contributed by atoms with E-state index < -0.39 is 29.4 Å². The van der Waals surface area contributed by atoms with Gasteiger partial charge in [0.15, 0.2) is 0 Å². The third kappa shape index (κ3) is 8.60. The maximum Gasteiger partial charge on any atom is 0.280 e. The molecule has 2 aromatic carbocycles. The number of piperazine rings is 1. The number of hydrogen-bond donors (Lipinski definition) is 2. The van der Waals surface area contributed by atoms with Gasteiger partial charge >= 0.3 is 0 Å². The van der Waals surface area contributed by atoms with Crippen LogP contribution < -0.4 is 25.2 Å². The van der Waals surface area contributed by atoms with Crippen molar-refractivity contribution in [2.24, 2.45) is 23.9 Å². The Morgan fingerprint density at radius 3 is 2.48 bits per heavy atom. The second kappa shape index (κ2) is 17.0. The van der Waals surface area contributed by atoms with Gasteiger partial charge < -0.3 is 24.8 Å². The van der Waals surface area contributed by atoms with Crippen LogP contribution in [0.3, 0.4) is 0 Å². The molecular formula is C45H52F2N10O4. The highest BCUT2D eigenvalue weighted by Crippen LogP contribution is 2.37. The van der Waals surface area contributed by atoms with Crippen LogP contribution in [0.2, 0.25) is 0 Å². The van der Waals surface area contributed by atoms with Crippen molar-refractivity contribution in [1.82, 2.24) is 29.9 Å². The van der Waals surface area contributed by atoms with Gasteiger partial charge in [-0.15, -0.1) is 0 Å². The molecule has 3 saturated heterocycles. The first kappa shape index (κ1) is 40.7. The molecule has 0 unspecified atom stereocenters. The van der Waals surface area contributed by atoms with E-state index in [1.165, 1.54) is 17.7 Å². The number of rotatable bonds is 6. The monoisotopic (exact) mass is 834 g/mol. The van der Waals surface area contributed by atoms with E-state index in [1.54, 1.807) is 23.0 Å². The fourth-order valence-corrected chi connectivity index (χ4v) is 9.47. The number of guanidine groups is 1. The van der Waals surface area contributed by atoms with Crippen LogP contribution in [0.4, 0.5) is 25.8 Å². The van der Waals surface area contributed by atoms with Gasteiger partial charge in [-0.2, -0.15) is 10.1 Å². The molecule has 0 aliphatic carbocycles. The molecule has 5 aliphatic heterocycles. The summed E-state index contributed by atoms with van der Waals surface area (Å²) in [6.07, 6.45) is 4.58. The number of aliphatic imine (C=N–C) groups is 1. The van der Waals surface area contributed by atoms with Crippen LogP contribution in [0.1, 0.15) is 72.1 Å². The predicted octanol–water partition coefficient (Wildman–Crippen LogP) is 5.47. The highest BCUT2D eigenvalue weighted by atomic mass is 19.1. The summed E-state index contributed by atoms with van der Waals surface area (Å²) < 4.78 is 38.5. The number of anilines is 3. The summed E-state index contributed by atoms with van der Waals surface area (Å²) in [4.78, 5) is 56.2. The maximum atomic E-state index is 15.3. The first-order valence-corrected chi connectivity index (χ1v) is 21.4. The molecular weight excluding hydrogens is 783 g/mol. The summed E-state index contributed by atoms with van der Waals surface area (Å²) in [5, 5.41) is 10.0. The molecule has 61 heavy (non-hydrogen) atoms. The van der Waals surface area contributed by atoms with Crippen LogP contribution >= 0.6 is 0 Å². The lowest BCUT2D eigenvalue weighted by Crippen LogP contribution is -2.47. The van der Waals surface area contributed by atoms with Crippen molar-refractivity contribution in [3.63, 3.8) is 0 Å². The predicted molar refractivity (Wildman–Crippen MR) is 228 cm³/mol. The van der Waals surface area contributed by atoms with Crippen molar-refractivity contribution in [2.75, 3.05) is 74.1 Å². The summed E-state index contributed by atoms with van der Waals surface area (Å²) in [6.45, 7) is 12.1. The zero-order valence-electron chi connectivity index (χ0n) is 34.9. The summed E-state index contributed by atoms with van der Waals surface area (Å²) in [5.41, 5.74) is 5.85. The zero-order chi connectivity index (χ0) is 42.4. The Morgan fingerprint density at radius 2 is 1.69 bits per heavy atom. The quantitative estimate of drug-likeness (QED) is 0.239. The third-order valence-corrected chi connectivity index (χ3v) is 12.7. The Morgan fingerprint density at radius 1 is 0.902 bits per heavy atom. The molecule has 9 rings (SSSR count). The SMILES string of the molecule is Cc1cc2cc(n1)-c1cnn(C)c1OCCC[C@@H](C)CN1/C(=N/C2=O)Nc2ccc(CN3CCN(C[C@@H]4CCN(c5cc(F)c([C@H]6CCC(=O)NC6=O)c(F)c5)C4)CC3)cc21. The van der Waals surface area contributed by atoms with Gasteiger partial charge in [-0.1, -0.05) is 13.0 Å². The molecule has 14 nitrogen and oxygen atoms in total. The smallest absolute Gasteiger partial charge is 0.280 e. The van der Waals surface area contributed by atoms with Crippen molar-refractivity contribution in [2.45, 2.75) is 58.4 Å². The topological polar surface area (TPSA) is 141 Å². The number of hydrogen-bond acceptors (Lipinski definition) is 11. The van der Waals surface area contributed by atoms with Crippen LogP contribution in [0.15, 0.2) is 53.7 Å². The zero-order valence-corrected chi connectivity index (χ0v) is 34.9. The number of ether oxygens (including phenoxy) is 1. The van der Waals surface area contributed by atoms with E-state index >= 15 is 8.78 Å². The molecule has 3 atom stereocenters. The van der Waals surface area contributed by atoms with Crippen LogP contribution in [0, 0.1) is 30.4 Å². The number of amides is 3. The normalized spacial score (nSPS) is 23.5. The molecule has 0 spiro atoms. The minimum Gasteiger partial charge on any atom is -0.477 e. The molecule has 0 saturated carbocycles. The van der Waals surface area contributed by atoms with Crippen molar-refractivity contribution < 1.29 is 27.9 Å². The third-order valence-electron chi connectivity index (χ3n) is 12.7. The maximum absolute atomic E-state index is 15.3. The molecule has 5 aliphatic rings. The van der Waals surface area contributed by atoms with E-state index in [4.69, 9.17) is 9.72 Å². The molecule has 16 heteroatoms. The number of aromatic nitrogens is 3. The first-order valence-electron chi connectivity index (χ1n) is 21.4. The molecule has 0 radical (unpaired) electrons. The van der Waals surface area contributed by atoms with E-state index in [0.29, 0.717) is 66.6 Å². The van der Waals surface area contributed by atoms with Crippen molar-refractivity contribution >= 4 is 40.7 Å². The summed E-state index contributed by atoms with van der Waals surface area (Å²) >= 11 is 0. The largest absolute Gasteiger partial charge is 0.477 e. The first-order chi connectivity index (χ1) is 29.4. The molecule has 2 N–H and O–H groups in total. The number of aryl methyl sites for hydroxylation is 2. The molecule has 4 aromatic rings. The van der Waals surface area contributed by atoms with Gasteiger partial charge in [0.05, 0.1) is 41.4 Å². The highest BCUT2D eigenvalue weighted by molar-refractivity contribution is 6.19. The van der Waals surface area contributed by atoms with Crippen LogP contribution in [-0.2, 0) is 23.2 Å². The summed E-state index contributed by atoms with van der Waals surface area (Å²) in [5.74, 6) is -2.12. The van der Waals surface area contributed by atoms with Gasteiger partial charge in [-0.25, -0.2) is 13.5 Å². The average Bonchev–Trinajstić information content (AvgIpc) is 3.94. The van der Waals surface area contributed by atoms with Gasteiger partial charge in [-0.3, -0.25) is 29.6 Å². The fourth-order valence-electron chi connectivity index (χ4n) is 9.47. The van der Waals surface area contributed by atoms with E-state index in [-0.39, 0.29) is 30.2 Å². The Bertz CT molecular complexity index is 2370. The minimum absolute atomic E-state index is 0.0608. The molecule has 320 valence electrons. The number of carbonyl (C=O) groups excluding carboxylic acids is 3. The van der Waals surface area contributed by atoms with Crippen molar-refractivity contribution in [3.8, 4) is 17.1 Å². The van der Waals surface area contributed by atoms with Crippen LogP contribution in [0.5, 0.6) is 5.88 Å². The number of halogens is 2. The molecule has 3 amide bonds. The van der Waals surface area contributed by atoms with E-state index in [1.807, 2.05) is 18.9 Å². The Balaban J connectivity index is 0.827. The number of carbonyl (C=O) groups is 3. The minimum atomic E-state index is -1.01.